The molecule has 4 aliphatic rings. The summed E-state index contributed by atoms with van der Waals surface area (Å²) >= 11 is 0. The van der Waals surface area contributed by atoms with Crippen LogP contribution in [0.25, 0.3) is 0 Å². The van der Waals surface area contributed by atoms with Gasteiger partial charge in [-0.1, -0.05) is 12.1 Å². The van der Waals surface area contributed by atoms with Crippen molar-refractivity contribution in [2.75, 3.05) is 0 Å². The van der Waals surface area contributed by atoms with Gasteiger partial charge in [0.05, 0.1) is 34.4 Å². The average molecular weight is 381 g/mol. The van der Waals surface area contributed by atoms with Crippen molar-refractivity contribution in [2.24, 2.45) is 5.41 Å². The molecule has 148 valence electrons. The molecule has 0 spiro atoms. The molecule has 5 rings (SSSR count). The zero-order chi connectivity index (χ0) is 20.5. The number of hydrogen-bond acceptors (Lipinski definition) is 5. The molecule has 5 nitrogen and oxygen atoms in total. The van der Waals surface area contributed by atoms with Crippen LogP contribution >= 0.6 is 0 Å². The molecule has 1 heterocycles. The third-order valence-corrected chi connectivity index (χ3v) is 7.33. The Bertz CT molecular complexity index is 830. The second-order valence-electron chi connectivity index (χ2n) is 9.91. The molecule has 1 aromatic carbocycles. The zero-order valence-electron chi connectivity index (χ0n) is 17.5. The summed E-state index contributed by atoms with van der Waals surface area (Å²) in [6.45, 7) is 11.9. The van der Waals surface area contributed by atoms with E-state index in [1.165, 1.54) is 0 Å². The van der Waals surface area contributed by atoms with Gasteiger partial charge in [0.1, 0.15) is 0 Å². The smallest absolute Gasteiger partial charge is 0.463 e. The van der Waals surface area contributed by atoms with Gasteiger partial charge in [-0.25, -0.2) is 0 Å². The van der Waals surface area contributed by atoms with Crippen LogP contribution in [0.15, 0.2) is 24.3 Å². The van der Waals surface area contributed by atoms with E-state index in [0.717, 1.165) is 18.4 Å². The van der Waals surface area contributed by atoms with Crippen molar-refractivity contribution < 1.29 is 18.8 Å². The van der Waals surface area contributed by atoms with Crippen molar-refractivity contribution >= 4 is 13.1 Å². The van der Waals surface area contributed by atoms with Gasteiger partial charge in [0, 0.05) is 5.82 Å². The summed E-state index contributed by atoms with van der Waals surface area (Å²) in [7, 11) is -0.456. The molecule has 3 aliphatic carbocycles. The van der Waals surface area contributed by atoms with E-state index in [2.05, 4.69) is 6.07 Å². The van der Waals surface area contributed by atoms with Gasteiger partial charge in [-0.05, 0) is 77.5 Å². The molecule has 28 heavy (non-hydrogen) atoms. The number of hydrogen-bond donors (Lipinski definition) is 0. The molecule has 0 N–H and O–H groups in total. The summed E-state index contributed by atoms with van der Waals surface area (Å²) in [6, 6.07) is 9.87. The molecule has 1 atom stereocenters. The van der Waals surface area contributed by atoms with E-state index in [1.807, 2.05) is 65.8 Å². The van der Waals surface area contributed by atoms with Crippen molar-refractivity contribution in [3.8, 4) is 6.07 Å². The molecule has 4 fully saturated rings. The lowest BCUT2D eigenvalue weighted by molar-refractivity contribution is -0.207. The molecular formula is C22H28BNO4. The standard InChI is InChI=1S/C22H28BNO4/c1-14(2)26-18(25)22-12-21(13-22,16-9-7-15(11-24)8-10-16)17(22)23-27-19(3,4)20(5,6)28-23/h7-10,14,17H,12-13H2,1-6H3. The fourth-order valence-electron chi connectivity index (χ4n) is 5.19. The molecule has 3 saturated carbocycles. The van der Waals surface area contributed by atoms with Crippen molar-refractivity contribution in [1.29, 1.82) is 5.26 Å². The molecule has 6 heteroatoms. The van der Waals surface area contributed by atoms with Crippen LogP contribution in [0.3, 0.4) is 0 Å². The number of benzene rings is 1. The average Bonchev–Trinajstić information content (AvgIpc) is 2.72. The normalized spacial score (nSPS) is 34.4. The molecule has 2 bridgehead atoms. The minimum atomic E-state index is -0.542. The fourth-order valence-corrected chi connectivity index (χ4v) is 5.19. The first-order chi connectivity index (χ1) is 13.0. The first kappa shape index (κ1) is 19.5. The molecule has 1 aromatic rings. The van der Waals surface area contributed by atoms with Gasteiger partial charge in [-0.3, -0.25) is 4.79 Å². The quantitative estimate of drug-likeness (QED) is 0.582. The van der Waals surface area contributed by atoms with Crippen LogP contribution in [0.2, 0.25) is 5.82 Å². The van der Waals surface area contributed by atoms with Crippen molar-refractivity contribution in [1.82, 2.24) is 0 Å². The maximum Gasteiger partial charge on any atom is 0.463 e. The van der Waals surface area contributed by atoms with E-state index in [1.54, 1.807) is 0 Å². The molecule has 1 saturated heterocycles. The second-order valence-corrected chi connectivity index (χ2v) is 9.91. The van der Waals surface area contributed by atoms with E-state index >= 15 is 0 Å². The van der Waals surface area contributed by atoms with Crippen molar-refractivity contribution in [3.63, 3.8) is 0 Å². The van der Waals surface area contributed by atoms with E-state index in [-0.39, 0.29) is 23.3 Å². The number of carbonyl (C=O) groups is 1. The highest BCUT2D eigenvalue weighted by Gasteiger charge is 2.84. The lowest BCUT2D eigenvalue weighted by Gasteiger charge is -2.75. The van der Waals surface area contributed by atoms with E-state index < -0.39 is 23.7 Å². The van der Waals surface area contributed by atoms with Crippen molar-refractivity contribution in [2.45, 2.75) is 82.9 Å². The highest BCUT2D eigenvalue weighted by atomic mass is 16.7. The van der Waals surface area contributed by atoms with Crippen molar-refractivity contribution in [3.05, 3.63) is 35.4 Å². The summed E-state index contributed by atoms with van der Waals surface area (Å²) in [5, 5.41) is 9.10. The summed E-state index contributed by atoms with van der Waals surface area (Å²) < 4.78 is 18.3. The maximum absolute atomic E-state index is 13.0. The monoisotopic (exact) mass is 381 g/mol. The van der Waals surface area contributed by atoms with Gasteiger partial charge >= 0.3 is 13.1 Å². The number of ether oxygens (including phenoxy) is 1. The van der Waals surface area contributed by atoms with Crippen LogP contribution < -0.4 is 0 Å². The second kappa shape index (κ2) is 5.84. The zero-order valence-corrected chi connectivity index (χ0v) is 17.5. The largest absolute Gasteiger partial charge is 0.463 e. The van der Waals surface area contributed by atoms with Crippen LogP contribution in [0.4, 0.5) is 0 Å². The van der Waals surface area contributed by atoms with Crippen LogP contribution in [0, 0.1) is 16.7 Å². The third kappa shape index (κ3) is 2.42. The number of nitrogens with zero attached hydrogens (tertiary/aromatic N) is 1. The molecule has 0 amide bonds. The Labute approximate surface area is 167 Å². The molecule has 0 aromatic heterocycles. The van der Waals surface area contributed by atoms with Crippen LogP contribution in [-0.4, -0.2) is 30.4 Å². The van der Waals surface area contributed by atoms with Crippen LogP contribution in [0.1, 0.15) is 65.5 Å². The Kier molecular flexibility index (Phi) is 4.06. The summed E-state index contributed by atoms with van der Waals surface area (Å²) in [5.74, 6) is -0.224. The minimum absolute atomic E-state index is 0.0831. The van der Waals surface area contributed by atoms with E-state index in [4.69, 9.17) is 19.3 Å². The molecular weight excluding hydrogens is 353 g/mol. The Morgan fingerprint density at radius 1 is 1.14 bits per heavy atom. The molecule has 1 aliphatic heterocycles. The predicted molar refractivity (Wildman–Crippen MR) is 106 cm³/mol. The Morgan fingerprint density at radius 3 is 2.14 bits per heavy atom. The van der Waals surface area contributed by atoms with Gasteiger partial charge in [-0.15, -0.1) is 0 Å². The number of nitriles is 1. The Hall–Kier alpha value is -1.84. The first-order valence-electron chi connectivity index (χ1n) is 10.0. The summed E-state index contributed by atoms with van der Waals surface area (Å²) in [6.07, 6.45) is 1.34. The molecule has 1 unspecified atom stereocenters. The summed E-state index contributed by atoms with van der Waals surface area (Å²) in [5.41, 5.74) is 0.176. The maximum atomic E-state index is 13.0. The Morgan fingerprint density at radius 2 is 1.68 bits per heavy atom. The Balaban J connectivity index is 1.68. The lowest BCUT2D eigenvalue weighted by Crippen LogP contribution is -2.76. The number of carbonyl (C=O) groups excluding carboxylic acids is 1. The fraction of sp³-hybridized carbons (Fsp3) is 0.636. The van der Waals surface area contributed by atoms with Gasteiger partial charge in [0.15, 0.2) is 0 Å². The predicted octanol–water partition coefficient (Wildman–Crippen LogP) is 4.00. The minimum Gasteiger partial charge on any atom is -0.463 e. The van der Waals surface area contributed by atoms with Gasteiger partial charge in [0.2, 0.25) is 0 Å². The van der Waals surface area contributed by atoms with E-state index in [9.17, 15) is 4.79 Å². The highest BCUT2D eigenvalue weighted by Crippen LogP contribution is 2.82. The lowest BCUT2D eigenvalue weighted by atomic mass is 9.20. The summed E-state index contributed by atoms with van der Waals surface area (Å²) in [4.78, 5) is 13.0. The topological polar surface area (TPSA) is 68.6 Å². The van der Waals surface area contributed by atoms with Crippen LogP contribution in [0.5, 0.6) is 0 Å². The SMILES string of the molecule is CC(C)OC(=O)C12CC(c3ccc(C#N)cc3)(C1)C2B1OC(C)(C)C(C)(C)O1. The molecule has 0 radical (unpaired) electrons. The van der Waals surface area contributed by atoms with Gasteiger partial charge in [-0.2, -0.15) is 5.26 Å². The highest BCUT2D eigenvalue weighted by molar-refractivity contribution is 6.50. The van der Waals surface area contributed by atoms with Gasteiger partial charge < -0.3 is 14.0 Å². The van der Waals surface area contributed by atoms with E-state index in [0.29, 0.717) is 5.56 Å². The first-order valence-corrected chi connectivity index (χ1v) is 10.0. The van der Waals surface area contributed by atoms with Crippen LogP contribution in [-0.2, 0) is 24.3 Å². The number of esters is 1. The van der Waals surface area contributed by atoms with Gasteiger partial charge in [0.25, 0.3) is 0 Å². The number of rotatable bonds is 4. The third-order valence-electron chi connectivity index (χ3n) is 7.33.